The van der Waals surface area contributed by atoms with E-state index in [1.807, 2.05) is 36.5 Å². The number of anilines is 1. The number of hydrogen-bond donors (Lipinski definition) is 1. The van der Waals surface area contributed by atoms with Crippen molar-refractivity contribution in [2.75, 3.05) is 51.3 Å². The second-order valence-corrected chi connectivity index (χ2v) is 7.18. The van der Waals surface area contributed by atoms with Gasteiger partial charge in [0, 0.05) is 37.6 Å². The van der Waals surface area contributed by atoms with Crippen molar-refractivity contribution in [3.05, 3.63) is 48.7 Å². The van der Waals surface area contributed by atoms with Crippen LogP contribution in [0.25, 0.3) is 10.9 Å². The Labute approximate surface area is 166 Å². The molecule has 1 aliphatic rings. The summed E-state index contributed by atoms with van der Waals surface area (Å²) in [6.45, 7) is 6.15. The molecular weight excluding hydrogens is 352 g/mol. The molecule has 0 bridgehead atoms. The fraction of sp³-hybridized carbons (Fsp3) is 0.409. The maximum atomic E-state index is 5.88. The third-order valence-electron chi connectivity index (χ3n) is 5.35. The van der Waals surface area contributed by atoms with Crippen LogP contribution in [0.15, 0.2) is 48.7 Å². The van der Waals surface area contributed by atoms with E-state index in [0.717, 1.165) is 74.6 Å². The Morgan fingerprint density at radius 3 is 2.75 bits per heavy atom. The molecule has 1 N–H and O–H groups in total. The third kappa shape index (κ3) is 4.39. The van der Waals surface area contributed by atoms with Gasteiger partial charge < -0.3 is 14.4 Å². The van der Waals surface area contributed by atoms with E-state index in [1.165, 1.54) is 5.69 Å². The largest absolute Gasteiger partial charge is 0.495 e. The van der Waals surface area contributed by atoms with Crippen molar-refractivity contribution >= 4 is 16.6 Å². The first-order valence-corrected chi connectivity index (χ1v) is 10.00. The van der Waals surface area contributed by atoms with Crippen LogP contribution < -0.4 is 14.4 Å². The number of H-pyrrole nitrogens is 1. The van der Waals surface area contributed by atoms with Crippen molar-refractivity contribution in [3.8, 4) is 11.5 Å². The van der Waals surface area contributed by atoms with Crippen LogP contribution in [0.2, 0.25) is 0 Å². The van der Waals surface area contributed by atoms with Gasteiger partial charge in [0.05, 0.1) is 31.1 Å². The number of fused-ring (bicyclic) bond motifs is 1. The summed E-state index contributed by atoms with van der Waals surface area (Å²) in [4.78, 5) is 4.96. The number of hydrogen-bond acceptors (Lipinski definition) is 5. The molecule has 1 aliphatic heterocycles. The van der Waals surface area contributed by atoms with Gasteiger partial charge in [-0.05, 0) is 43.7 Å². The molecule has 1 fully saturated rings. The van der Waals surface area contributed by atoms with E-state index in [2.05, 4.69) is 32.1 Å². The van der Waals surface area contributed by atoms with Crippen LogP contribution in [0.4, 0.5) is 5.69 Å². The van der Waals surface area contributed by atoms with Crippen LogP contribution in [0.1, 0.15) is 12.8 Å². The summed E-state index contributed by atoms with van der Waals surface area (Å²) in [5.74, 6) is 1.86. The van der Waals surface area contributed by atoms with Gasteiger partial charge in [-0.2, -0.15) is 5.10 Å². The van der Waals surface area contributed by atoms with Gasteiger partial charge in [-0.1, -0.05) is 12.1 Å². The number of unbranched alkanes of at least 4 members (excludes halogenated alkanes) is 1. The van der Waals surface area contributed by atoms with Crippen molar-refractivity contribution in [2.45, 2.75) is 12.8 Å². The van der Waals surface area contributed by atoms with Crippen molar-refractivity contribution in [1.29, 1.82) is 0 Å². The quantitative estimate of drug-likeness (QED) is 0.606. The monoisotopic (exact) mass is 380 g/mol. The summed E-state index contributed by atoms with van der Waals surface area (Å²) in [7, 11) is 1.74. The number of para-hydroxylation sites is 2. The minimum absolute atomic E-state index is 0.751. The number of ether oxygens (including phenoxy) is 2. The van der Waals surface area contributed by atoms with Gasteiger partial charge in [-0.25, -0.2) is 0 Å². The van der Waals surface area contributed by atoms with Gasteiger partial charge in [0.25, 0.3) is 0 Å². The molecule has 2 aromatic carbocycles. The molecule has 28 heavy (non-hydrogen) atoms. The molecule has 1 saturated heterocycles. The van der Waals surface area contributed by atoms with E-state index < -0.39 is 0 Å². The molecule has 6 nitrogen and oxygen atoms in total. The predicted molar refractivity (Wildman–Crippen MR) is 112 cm³/mol. The van der Waals surface area contributed by atoms with Crippen LogP contribution in [-0.2, 0) is 0 Å². The zero-order valence-corrected chi connectivity index (χ0v) is 16.4. The van der Waals surface area contributed by atoms with Gasteiger partial charge in [0.2, 0.25) is 0 Å². The molecule has 0 spiro atoms. The molecule has 0 aliphatic carbocycles. The molecule has 3 aromatic rings. The lowest BCUT2D eigenvalue weighted by Gasteiger charge is -2.36. The van der Waals surface area contributed by atoms with Gasteiger partial charge in [-0.15, -0.1) is 0 Å². The van der Waals surface area contributed by atoms with Crippen LogP contribution in [-0.4, -0.2) is 61.5 Å². The summed E-state index contributed by atoms with van der Waals surface area (Å²) in [5, 5.41) is 8.13. The number of nitrogens with one attached hydrogen (secondary N) is 1. The number of aromatic amines is 1. The maximum Gasteiger partial charge on any atom is 0.142 e. The minimum Gasteiger partial charge on any atom is -0.495 e. The Morgan fingerprint density at radius 1 is 1.04 bits per heavy atom. The summed E-state index contributed by atoms with van der Waals surface area (Å²) in [5.41, 5.74) is 2.22. The Hall–Kier alpha value is -2.73. The lowest BCUT2D eigenvalue weighted by atomic mass is 10.2. The summed E-state index contributed by atoms with van der Waals surface area (Å²) in [6.07, 6.45) is 4.04. The molecular formula is C22H28N4O2. The fourth-order valence-corrected chi connectivity index (χ4v) is 3.74. The zero-order valence-electron chi connectivity index (χ0n) is 16.4. The van der Waals surface area contributed by atoms with Gasteiger partial charge in [-0.3, -0.25) is 10.00 Å². The summed E-state index contributed by atoms with van der Waals surface area (Å²) >= 11 is 0. The number of benzene rings is 2. The molecule has 2 heterocycles. The average Bonchev–Trinajstić information content (AvgIpc) is 3.22. The highest BCUT2D eigenvalue weighted by atomic mass is 16.5. The van der Waals surface area contributed by atoms with E-state index in [4.69, 9.17) is 9.47 Å². The Kier molecular flexibility index (Phi) is 5.97. The molecule has 0 unspecified atom stereocenters. The van der Waals surface area contributed by atoms with Crippen LogP contribution in [0.3, 0.4) is 0 Å². The standard InChI is InChI=1S/C22H28N4O2/c1-27-22-7-3-2-6-21(22)26-13-11-25(12-14-26)10-4-5-15-28-19-9-8-18-17-23-24-20(18)16-19/h2-3,6-9,16-17H,4-5,10-15H2,1H3,(H,23,24). The van der Waals surface area contributed by atoms with Crippen molar-refractivity contribution in [1.82, 2.24) is 15.1 Å². The van der Waals surface area contributed by atoms with E-state index in [-0.39, 0.29) is 0 Å². The highest BCUT2D eigenvalue weighted by Crippen LogP contribution is 2.28. The highest BCUT2D eigenvalue weighted by molar-refractivity contribution is 5.79. The molecule has 0 amide bonds. The van der Waals surface area contributed by atoms with Gasteiger partial charge in [0.15, 0.2) is 0 Å². The highest BCUT2D eigenvalue weighted by Gasteiger charge is 2.18. The number of piperazine rings is 1. The first-order valence-electron chi connectivity index (χ1n) is 10.00. The van der Waals surface area contributed by atoms with Crippen molar-refractivity contribution < 1.29 is 9.47 Å². The van der Waals surface area contributed by atoms with E-state index in [1.54, 1.807) is 7.11 Å². The average molecular weight is 380 g/mol. The molecule has 0 atom stereocenters. The number of rotatable bonds is 8. The van der Waals surface area contributed by atoms with Gasteiger partial charge >= 0.3 is 0 Å². The second-order valence-electron chi connectivity index (χ2n) is 7.18. The van der Waals surface area contributed by atoms with E-state index in [0.29, 0.717) is 0 Å². The predicted octanol–water partition coefficient (Wildman–Crippen LogP) is 3.55. The van der Waals surface area contributed by atoms with E-state index in [9.17, 15) is 0 Å². The lowest BCUT2D eigenvalue weighted by molar-refractivity contribution is 0.238. The Morgan fingerprint density at radius 2 is 1.89 bits per heavy atom. The molecule has 148 valence electrons. The first-order chi connectivity index (χ1) is 13.8. The minimum atomic E-state index is 0.751. The Bertz CT molecular complexity index is 887. The normalized spacial score (nSPS) is 15.1. The number of methoxy groups -OCH3 is 1. The van der Waals surface area contributed by atoms with Crippen LogP contribution in [0, 0.1) is 0 Å². The SMILES string of the molecule is COc1ccccc1N1CCN(CCCCOc2ccc3cn[nH]c3c2)CC1. The fourth-order valence-electron chi connectivity index (χ4n) is 3.74. The topological polar surface area (TPSA) is 53.6 Å². The molecule has 4 rings (SSSR count). The van der Waals surface area contributed by atoms with E-state index >= 15 is 0 Å². The maximum absolute atomic E-state index is 5.88. The van der Waals surface area contributed by atoms with Gasteiger partial charge in [0.1, 0.15) is 11.5 Å². The molecule has 0 radical (unpaired) electrons. The molecule has 6 heteroatoms. The Balaban J connectivity index is 1.15. The first kappa shape index (κ1) is 18.6. The summed E-state index contributed by atoms with van der Waals surface area (Å²) < 4.78 is 11.4. The summed E-state index contributed by atoms with van der Waals surface area (Å²) in [6, 6.07) is 14.3. The van der Waals surface area contributed by atoms with Crippen molar-refractivity contribution in [2.24, 2.45) is 0 Å². The van der Waals surface area contributed by atoms with Crippen molar-refractivity contribution in [3.63, 3.8) is 0 Å². The number of aromatic nitrogens is 2. The molecule has 0 saturated carbocycles. The smallest absolute Gasteiger partial charge is 0.142 e. The zero-order chi connectivity index (χ0) is 19.2. The third-order valence-corrected chi connectivity index (χ3v) is 5.35. The van der Waals surface area contributed by atoms with Crippen LogP contribution in [0.5, 0.6) is 11.5 Å². The second kappa shape index (κ2) is 8.97. The lowest BCUT2D eigenvalue weighted by Crippen LogP contribution is -2.46. The number of nitrogens with zero attached hydrogens (tertiary/aromatic N) is 3. The molecule has 1 aromatic heterocycles. The van der Waals surface area contributed by atoms with Crippen LogP contribution >= 0.6 is 0 Å².